The zero-order valence-corrected chi connectivity index (χ0v) is 16.1. The third kappa shape index (κ3) is 5.24. The summed E-state index contributed by atoms with van der Waals surface area (Å²) < 4.78 is 5.15. The molecular weight excluding hydrogens is 358 g/mol. The summed E-state index contributed by atoms with van der Waals surface area (Å²) in [4.78, 5) is 21.0. The number of pyridine rings is 1. The van der Waals surface area contributed by atoms with Gasteiger partial charge in [0.05, 0.1) is 18.5 Å². The molecule has 0 radical (unpaired) electrons. The minimum atomic E-state index is -0.108. The summed E-state index contributed by atoms with van der Waals surface area (Å²) in [6.45, 7) is 2.46. The van der Waals surface area contributed by atoms with Crippen molar-refractivity contribution < 1.29 is 9.53 Å². The second-order valence-corrected chi connectivity index (χ2v) is 6.81. The number of rotatable bonds is 7. The summed E-state index contributed by atoms with van der Waals surface area (Å²) in [6.07, 6.45) is 4.06. The minimum absolute atomic E-state index is 0.108. The summed E-state index contributed by atoms with van der Waals surface area (Å²) in [7, 11) is 1.63. The van der Waals surface area contributed by atoms with E-state index in [1.165, 1.54) is 0 Å². The normalized spacial score (nSPS) is 11.3. The number of aromatic nitrogens is 2. The van der Waals surface area contributed by atoms with Crippen LogP contribution in [0, 0.1) is 0 Å². The lowest BCUT2D eigenvalue weighted by molar-refractivity contribution is -0.116. The zero-order chi connectivity index (χ0) is 19.1. The first kappa shape index (κ1) is 18.8. The number of allylic oxidation sites excluding steroid dienone is 1. The molecule has 0 saturated carbocycles. The maximum atomic E-state index is 12.1. The fraction of sp³-hybridized carbons (Fsp3) is 0.190. The highest BCUT2D eigenvalue weighted by molar-refractivity contribution is 7.13. The van der Waals surface area contributed by atoms with E-state index in [9.17, 15) is 4.79 Å². The quantitative estimate of drug-likeness (QED) is 0.631. The molecule has 6 heteroatoms. The predicted molar refractivity (Wildman–Crippen MR) is 109 cm³/mol. The molecule has 0 saturated heterocycles. The maximum absolute atomic E-state index is 12.1. The molecule has 0 fully saturated rings. The number of methoxy groups -OCH3 is 1. The van der Waals surface area contributed by atoms with E-state index in [1.807, 2.05) is 54.8 Å². The highest BCUT2D eigenvalue weighted by Gasteiger charge is 2.06. The third-order valence-electron chi connectivity index (χ3n) is 4.01. The van der Waals surface area contributed by atoms with Crippen molar-refractivity contribution in [1.82, 2.24) is 15.3 Å². The lowest BCUT2D eigenvalue weighted by Crippen LogP contribution is -2.23. The molecule has 0 spiro atoms. The number of carbonyl (C=O) groups is 1. The van der Waals surface area contributed by atoms with Crippen LogP contribution >= 0.6 is 11.3 Å². The number of benzene rings is 1. The first-order valence-corrected chi connectivity index (χ1v) is 9.50. The van der Waals surface area contributed by atoms with Gasteiger partial charge >= 0.3 is 0 Å². The van der Waals surface area contributed by atoms with Crippen molar-refractivity contribution in [2.45, 2.75) is 13.3 Å². The second-order valence-electron chi connectivity index (χ2n) is 5.96. The number of thiazole rings is 1. The topological polar surface area (TPSA) is 64.1 Å². The number of carbonyl (C=O) groups excluding carboxylic acids is 1. The number of hydrogen-bond donors (Lipinski definition) is 1. The molecule has 3 rings (SSSR count). The molecule has 0 bridgehead atoms. The molecule has 0 unspecified atom stereocenters. The highest BCUT2D eigenvalue weighted by atomic mass is 32.1. The lowest BCUT2D eigenvalue weighted by atomic mass is 10.1. The van der Waals surface area contributed by atoms with Gasteiger partial charge in [-0.05, 0) is 42.3 Å². The molecule has 0 aliphatic rings. The molecule has 27 heavy (non-hydrogen) atoms. The van der Waals surface area contributed by atoms with E-state index in [0.717, 1.165) is 33.3 Å². The van der Waals surface area contributed by atoms with Crippen LogP contribution in [0.5, 0.6) is 5.75 Å². The molecule has 1 amide bonds. The van der Waals surface area contributed by atoms with E-state index in [2.05, 4.69) is 15.3 Å². The van der Waals surface area contributed by atoms with Crippen LogP contribution in [-0.4, -0.2) is 29.5 Å². The van der Waals surface area contributed by atoms with Crippen molar-refractivity contribution in [2.75, 3.05) is 13.7 Å². The van der Waals surface area contributed by atoms with Crippen LogP contribution in [0.3, 0.4) is 0 Å². The molecule has 1 N–H and O–H groups in total. The Balaban J connectivity index is 1.51. The van der Waals surface area contributed by atoms with Gasteiger partial charge in [0.2, 0.25) is 5.91 Å². The molecule has 138 valence electrons. The first-order chi connectivity index (χ1) is 13.2. The van der Waals surface area contributed by atoms with Crippen LogP contribution in [0.15, 0.2) is 60.1 Å². The van der Waals surface area contributed by atoms with Gasteiger partial charge in [-0.2, -0.15) is 0 Å². The van der Waals surface area contributed by atoms with Gasteiger partial charge < -0.3 is 10.1 Å². The van der Waals surface area contributed by atoms with Crippen LogP contribution in [-0.2, 0) is 11.2 Å². The van der Waals surface area contributed by atoms with E-state index >= 15 is 0 Å². The Morgan fingerprint density at radius 3 is 2.74 bits per heavy atom. The molecule has 3 aromatic rings. The van der Waals surface area contributed by atoms with Gasteiger partial charge in [-0.1, -0.05) is 18.2 Å². The SMILES string of the molecule is COc1ccc(/C(C)=C/C(=O)NCCc2csc(-c3ccccn3)n2)cc1. The molecule has 2 heterocycles. The summed E-state index contributed by atoms with van der Waals surface area (Å²) in [5, 5.41) is 5.82. The zero-order valence-electron chi connectivity index (χ0n) is 15.3. The number of nitrogens with zero attached hydrogens (tertiary/aromatic N) is 2. The molecule has 0 atom stereocenters. The van der Waals surface area contributed by atoms with Gasteiger partial charge in [0.1, 0.15) is 10.8 Å². The maximum Gasteiger partial charge on any atom is 0.244 e. The smallest absolute Gasteiger partial charge is 0.244 e. The second kappa shape index (κ2) is 9.09. The van der Waals surface area contributed by atoms with E-state index < -0.39 is 0 Å². The minimum Gasteiger partial charge on any atom is -0.497 e. The number of amides is 1. The van der Waals surface area contributed by atoms with Crippen molar-refractivity contribution in [1.29, 1.82) is 0 Å². The Bertz CT molecular complexity index is 918. The molecule has 1 aromatic carbocycles. The molecule has 0 aliphatic carbocycles. The summed E-state index contributed by atoms with van der Waals surface area (Å²) in [5.74, 6) is 0.688. The Kier molecular flexibility index (Phi) is 6.33. The van der Waals surface area contributed by atoms with E-state index in [0.29, 0.717) is 13.0 Å². The van der Waals surface area contributed by atoms with Gasteiger partial charge in [0, 0.05) is 30.6 Å². The number of nitrogens with one attached hydrogen (secondary N) is 1. The van der Waals surface area contributed by atoms with Crippen LogP contribution in [0.4, 0.5) is 0 Å². The average molecular weight is 379 g/mol. The van der Waals surface area contributed by atoms with Crippen molar-refractivity contribution >= 4 is 22.8 Å². The predicted octanol–water partition coefficient (Wildman–Crippen LogP) is 3.98. The van der Waals surface area contributed by atoms with Gasteiger partial charge in [0.15, 0.2) is 0 Å². The fourth-order valence-corrected chi connectivity index (χ4v) is 3.36. The molecule has 2 aromatic heterocycles. The first-order valence-electron chi connectivity index (χ1n) is 8.62. The van der Waals surface area contributed by atoms with Crippen LogP contribution in [0.25, 0.3) is 16.3 Å². The summed E-state index contributed by atoms with van der Waals surface area (Å²) in [6, 6.07) is 13.4. The molecule has 0 aliphatic heterocycles. The standard InChI is InChI=1S/C21H21N3O2S/c1-15(16-6-8-18(26-2)9-7-16)13-20(25)23-12-10-17-14-27-21(24-17)19-5-3-4-11-22-19/h3-9,11,13-14H,10,12H2,1-2H3,(H,23,25)/b15-13+. The van der Waals surface area contributed by atoms with E-state index in [-0.39, 0.29) is 5.91 Å². The largest absolute Gasteiger partial charge is 0.497 e. The number of hydrogen-bond acceptors (Lipinski definition) is 5. The average Bonchev–Trinajstić information content (AvgIpc) is 3.17. The van der Waals surface area contributed by atoms with Crippen LogP contribution < -0.4 is 10.1 Å². The van der Waals surface area contributed by atoms with Gasteiger partial charge in [-0.15, -0.1) is 11.3 Å². The van der Waals surface area contributed by atoms with Gasteiger partial charge in [0.25, 0.3) is 0 Å². The van der Waals surface area contributed by atoms with E-state index in [1.54, 1.807) is 30.7 Å². The monoisotopic (exact) mass is 379 g/mol. The summed E-state index contributed by atoms with van der Waals surface area (Å²) >= 11 is 1.56. The van der Waals surface area contributed by atoms with Gasteiger partial charge in [-0.3, -0.25) is 9.78 Å². The lowest BCUT2D eigenvalue weighted by Gasteiger charge is -2.05. The van der Waals surface area contributed by atoms with E-state index in [4.69, 9.17) is 4.74 Å². The Labute approximate surface area is 162 Å². The fourth-order valence-electron chi connectivity index (χ4n) is 2.53. The van der Waals surface area contributed by atoms with Crippen LogP contribution in [0.1, 0.15) is 18.2 Å². The van der Waals surface area contributed by atoms with Crippen molar-refractivity contribution in [3.05, 3.63) is 71.4 Å². The number of ether oxygens (including phenoxy) is 1. The van der Waals surface area contributed by atoms with Gasteiger partial charge in [-0.25, -0.2) is 4.98 Å². The Morgan fingerprint density at radius 2 is 2.04 bits per heavy atom. The highest BCUT2D eigenvalue weighted by Crippen LogP contribution is 2.21. The summed E-state index contributed by atoms with van der Waals surface area (Å²) in [5.41, 5.74) is 3.72. The Hall–Kier alpha value is -2.99. The Morgan fingerprint density at radius 1 is 1.22 bits per heavy atom. The molecule has 5 nitrogen and oxygen atoms in total. The van der Waals surface area contributed by atoms with Crippen LogP contribution in [0.2, 0.25) is 0 Å². The third-order valence-corrected chi connectivity index (χ3v) is 4.92. The van der Waals surface area contributed by atoms with Crippen molar-refractivity contribution in [3.8, 4) is 16.5 Å². The molecular formula is C21H21N3O2S. The van der Waals surface area contributed by atoms with Crippen molar-refractivity contribution in [2.24, 2.45) is 0 Å². The van der Waals surface area contributed by atoms with Crippen molar-refractivity contribution in [3.63, 3.8) is 0 Å².